The third kappa shape index (κ3) is 3.45. The summed E-state index contributed by atoms with van der Waals surface area (Å²) in [5.41, 5.74) is 5.36. The predicted molar refractivity (Wildman–Crippen MR) is 85.0 cm³/mol. The Hall–Kier alpha value is -1.10. The predicted octanol–water partition coefficient (Wildman–Crippen LogP) is 1.99. The second-order valence-corrected chi connectivity index (χ2v) is 7.26. The number of esters is 1. The second kappa shape index (κ2) is 6.99. The van der Waals surface area contributed by atoms with E-state index in [4.69, 9.17) is 10.5 Å². The van der Waals surface area contributed by atoms with E-state index in [0.717, 1.165) is 32.1 Å². The first-order valence-corrected chi connectivity index (χ1v) is 8.57. The van der Waals surface area contributed by atoms with Crippen LogP contribution in [-0.4, -0.2) is 30.6 Å². The molecule has 0 radical (unpaired) electrons. The second-order valence-electron chi connectivity index (χ2n) is 7.26. The van der Waals surface area contributed by atoms with Crippen molar-refractivity contribution in [2.24, 2.45) is 23.5 Å². The summed E-state index contributed by atoms with van der Waals surface area (Å²) < 4.78 is 4.87. The summed E-state index contributed by atoms with van der Waals surface area (Å²) in [6.45, 7) is 3.76. The van der Waals surface area contributed by atoms with E-state index < -0.39 is 5.54 Å². The fourth-order valence-electron chi connectivity index (χ4n) is 4.32. The molecule has 5 heteroatoms. The Labute approximate surface area is 133 Å². The molecule has 2 rings (SSSR count). The number of ether oxygens (including phenoxy) is 1. The van der Waals surface area contributed by atoms with Crippen molar-refractivity contribution in [1.82, 2.24) is 5.32 Å². The summed E-state index contributed by atoms with van der Waals surface area (Å²) in [4.78, 5) is 24.7. The summed E-state index contributed by atoms with van der Waals surface area (Å²) in [6.07, 6.45) is 6.60. The Morgan fingerprint density at radius 3 is 2.36 bits per heavy atom. The molecule has 0 aromatic carbocycles. The largest absolute Gasteiger partial charge is 0.467 e. The third-order valence-corrected chi connectivity index (χ3v) is 5.57. The fourth-order valence-corrected chi connectivity index (χ4v) is 4.32. The van der Waals surface area contributed by atoms with Gasteiger partial charge in [-0.05, 0) is 50.9 Å². The molecule has 2 aliphatic rings. The van der Waals surface area contributed by atoms with Crippen molar-refractivity contribution in [2.45, 2.75) is 70.4 Å². The zero-order valence-corrected chi connectivity index (χ0v) is 14.1. The number of methoxy groups -OCH3 is 1. The fraction of sp³-hybridized carbons (Fsp3) is 0.882. The lowest BCUT2D eigenvalue weighted by molar-refractivity contribution is -0.151. The molecule has 0 aromatic heterocycles. The molecule has 2 bridgehead atoms. The monoisotopic (exact) mass is 310 g/mol. The molecule has 2 fully saturated rings. The normalized spacial score (nSPS) is 33.6. The quantitative estimate of drug-likeness (QED) is 0.761. The zero-order chi connectivity index (χ0) is 16.3. The lowest BCUT2D eigenvalue weighted by Crippen LogP contribution is -2.56. The molecular weight excluding hydrogens is 280 g/mol. The zero-order valence-electron chi connectivity index (χ0n) is 14.1. The van der Waals surface area contributed by atoms with E-state index in [1.165, 1.54) is 13.5 Å². The average Bonchev–Trinajstić information content (AvgIpc) is 2.46. The van der Waals surface area contributed by atoms with Gasteiger partial charge < -0.3 is 15.8 Å². The highest BCUT2D eigenvalue weighted by Gasteiger charge is 2.43. The summed E-state index contributed by atoms with van der Waals surface area (Å²) in [5, 5.41) is 2.96. The highest BCUT2D eigenvalue weighted by molar-refractivity contribution is 5.88. The molecule has 0 aliphatic heterocycles. The van der Waals surface area contributed by atoms with Crippen LogP contribution >= 0.6 is 0 Å². The van der Waals surface area contributed by atoms with Crippen LogP contribution in [0.4, 0.5) is 0 Å². The lowest BCUT2D eigenvalue weighted by atomic mass is 9.65. The number of rotatable bonds is 5. The summed E-state index contributed by atoms with van der Waals surface area (Å²) in [5.74, 6) is 0.522. The van der Waals surface area contributed by atoms with Crippen LogP contribution in [0.3, 0.4) is 0 Å². The van der Waals surface area contributed by atoms with Crippen molar-refractivity contribution in [3.8, 4) is 0 Å². The van der Waals surface area contributed by atoms with Crippen LogP contribution in [0.2, 0.25) is 0 Å². The molecule has 5 nitrogen and oxygen atoms in total. The average molecular weight is 310 g/mol. The Kier molecular flexibility index (Phi) is 5.48. The lowest BCUT2D eigenvalue weighted by Gasteiger charge is -2.44. The highest BCUT2D eigenvalue weighted by atomic mass is 16.5. The van der Waals surface area contributed by atoms with E-state index in [0.29, 0.717) is 18.3 Å². The minimum Gasteiger partial charge on any atom is -0.467 e. The minimum atomic E-state index is -0.921. The van der Waals surface area contributed by atoms with Gasteiger partial charge in [0.05, 0.1) is 7.11 Å². The molecule has 1 amide bonds. The van der Waals surface area contributed by atoms with Crippen molar-refractivity contribution in [2.75, 3.05) is 7.11 Å². The molecule has 0 spiro atoms. The smallest absolute Gasteiger partial charge is 0.331 e. The van der Waals surface area contributed by atoms with Gasteiger partial charge in [0, 0.05) is 12.0 Å². The Balaban J connectivity index is 2.03. The van der Waals surface area contributed by atoms with Crippen LogP contribution in [0.15, 0.2) is 0 Å². The third-order valence-electron chi connectivity index (χ3n) is 5.57. The van der Waals surface area contributed by atoms with Gasteiger partial charge in [-0.2, -0.15) is 0 Å². The van der Waals surface area contributed by atoms with Gasteiger partial charge in [0.15, 0.2) is 0 Å². The maximum Gasteiger partial charge on any atom is 0.331 e. The number of carbonyl (C=O) groups excluding carboxylic acids is 2. The first-order chi connectivity index (χ1) is 10.4. The number of nitrogens with two attached hydrogens (primary N) is 1. The van der Waals surface area contributed by atoms with Gasteiger partial charge in [-0.1, -0.05) is 19.8 Å². The van der Waals surface area contributed by atoms with E-state index in [1.54, 1.807) is 6.92 Å². The summed E-state index contributed by atoms with van der Waals surface area (Å²) in [6, 6.07) is 0.250. The molecule has 2 saturated carbocycles. The Morgan fingerprint density at radius 2 is 1.86 bits per heavy atom. The van der Waals surface area contributed by atoms with Gasteiger partial charge in [0.25, 0.3) is 0 Å². The van der Waals surface area contributed by atoms with Crippen molar-refractivity contribution in [1.29, 1.82) is 0 Å². The molecule has 3 atom stereocenters. The number of hydrogen-bond donors (Lipinski definition) is 2. The maximum absolute atomic E-state index is 12.7. The number of amides is 1. The molecule has 126 valence electrons. The van der Waals surface area contributed by atoms with Crippen LogP contribution in [0.1, 0.15) is 58.8 Å². The van der Waals surface area contributed by atoms with Gasteiger partial charge in [-0.3, -0.25) is 4.79 Å². The van der Waals surface area contributed by atoms with E-state index in [1.807, 2.05) is 6.92 Å². The van der Waals surface area contributed by atoms with Crippen LogP contribution in [0.25, 0.3) is 0 Å². The molecule has 0 aromatic rings. The number of fused-ring (bicyclic) bond motifs is 2. The van der Waals surface area contributed by atoms with E-state index >= 15 is 0 Å². The topological polar surface area (TPSA) is 81.4 Å². The first kappa shape index (κ1) is 17.3. The van der Waals surface area contributed by atoms with Crippen molar-refractivity contribution < 1.29 is 14.3 Å². The number of nitrogens with one attached hydrogen (secondary N) is 1. The van der Waals surface area contributed by atoms with E-state index in [9.17, 15) is 9.59 Å². The number of hydrogen-bond acceptors (Lipinski definition) is 4. The maximum atomic E-state index is 12.7. The van der Waals surface area contributed by atoms with Gasteiger partial charge >= 0.3 is 5.97 Å². The molecule has 2 aliphatic carbocycles. The van der Waals surface area contributed by atoms with Crippen LogP contribution in [0, 0.1) is 17.8 Å². The van der Waals surface area contributed by atoms with Crippen LogP contribution in [0.5, 0.6) is 0 Å². The van der Waals surface area contributed by atoms with Gasteiger partial charge in [0.1, 0.15) is 5.54 Å². The Morgan fingerprint density at radius 1 is 1.27 bits per heavy atom. The molecule has 22 heavy (non-hydrogen) atoms. The van der Waals surface area contributed by atoms with Gasteiger partial charge in [-0.15, -0.1) is 0 Å². The standard InChI is InChI=1S/C17H30N2O3/c1-4-8-17(2,16(21)22-3)19-15(20)13-9-11-6-5-7-12(10-13)14(11)18/h11-14H,4-10,18H2,1-3H3,(H,19,20). The molecular formula is C17H30N2O3. The van der Waals surface area contributed by atoms with Crippen molar-refractivity contribution in [3.63, 3.8) is 0 Å². The van der Waals surface area contributed by atoms with Gasteiger partial charge in [-0.25, -0.2) is 4.79 Å². The molecule has 3 unspecified atom stereocenters. The van der Waals surface area contributed by atoms with Crippen LogP contribution < -0.4 is 11.1 Å². The Bertz CT molecular complexity index is 412. The molecule has 3 N–H and O–H groups in total. The van der Waals surface area contributed by atoms with E-state index in [2.05, 4.69) is 5.32 Å². The molecule has 0 saturated heterocycles. The van der Waals surface area contributed by atoms with E-state index in [-0.39, 0.29) is 23.8 Å². The van der Waals surface area contributed by atoms with Crippen molar-refractivity contribution in [3.05, 3.63) is 0 Å². The number of carbonyl (C=O) groups is 2. The minimum absolute atomic E-state index is 0.00912. The summed E-state index contributed by atoms with van der Waals surface area (Å²) in [7, 11) is 1.37. The SMILES string of the molecule is CCCC(C)(NC(=O)C1CC2CCCC(C1)C2N)C(=O)OC. The van der Waals surface area contributed by atoms with Crippen molar-refractivity contribution >= 4 is 11.9 Å². The van der Waals surface area contributed by atoms with Gasteiger partial charge in [0.2, 0.25) is 5.91 Å². The molecule has 0 heterocycles. The van der Waals surface area contributed by atoms with Crippen LogP contribution in [-0.2, 0) is 14.3 Å². The first-order valence-electron chi connectivity index (χ1n) is 8.57. The summed E-state index contributed by atoms with van der Waals surface area (Å²) >= 11 is 0. The highest BCUT2D eigenvalue weighted by Crippen LogP contribution is 2.42.